The summed E-state index contributed by atoms with van der Waals surface area (Å²) < 4.78 is 34.0. The lowest BCUT2D eigenvalue weighted by molar-refractivity contribution is -0.185. The van der Waals surface area contributed by atoms with E-state index in [4.69, 9.17) is 49.8 Å². The van der Waals surface area contributed by atoms with Gasteiger partial charge in [-0.15, -0.1) is 0 Å². The van der Waals surface area contributed by atoms with Crippen molar-refractivity contribution >= 4 is 75.6 Å². The highest BCUT2D eigenvalue weighted by Crippen LogP contribution is 2.13. The first-order valence-electron chi connectivity index (χ1n) is 22.9. The van der Waals surface area contributed by atoms with Crippen LogP contribution in [-0.2, 0) is 108 Å². The number of rotatable bonds is 25. The van der Waals surface area contributed by atoms with Crippen molar-refractivity contribution in [1.82, 2.24) is 0 Å². The van der Waals surface area contributed by atoms with Gasteiger partial charge < -0.3 is 59.3 Å². The summed E-state index contributed by atoms with van der Waals surface area (Å²) in [6, 6.07) is 35.8. The minimum absolute atomic E-state index is 0.0140. The second-order valence-corrected chi connectivity index (χ2v) is 16.1. The summed E-state index contributed by atoms with van der Waals surface area (Å²) in [6.45, 7) is 0.284. The summed E-state index contributed by atoms with van der Waals surface area (Å²) in [5.41, 5.74) is 8.74. The second-order valence-electron chi connectivity index (χ2n) is 15.6. The molecule has 22 nitrogen and oxygen atoms in total. The van der Waals surface area contributed by atoms with Crippen LogP contribution in [0, 0.1) is 0 Å². The molecular formula is C52H58BrNO21. The van der Waals surface area contributed by atoms with E-state index in [2.05, 4.69) is 25.4 Å². The van der Waals surface area contributed by atoms with Crippen LogP contribution < -0.4 is 5.73 Å². The maximum absolute atomic E-state index is 11.5. The van der Waals surface area contributed by atoms with E-state index in [1.54, 1.807) is 0 Å². The van der Waals surface area contributed by atoms with Crippen molar-refractivity contribution in [2.24, 2.45) is 5.73 Å². The molecule has 0 bridgehead atoms. The van der Waals surface area contributed by atoms with E-state index in [9.17, 15) is 47.9 Å². The van der Waals surface area contributed by atoms with Gasteiger partial charge in [0.15, 0.2) is 24.9 Å². The Bertz CT molecular complexity index is 2330. The quantitative estimate of drug-likeness (QED) is 0.0339. The zero-order valence-electron chi connectivity index (χ0n) is 40.4. The summed E-state index contributed by atoms with van der Waals surface area (Å²) >= 11 is 2.86. The van der Waals surface area contributed by atoms with E-state index in [0.717, 1.165) is 22.3 Å². The number of nitrogens with two attached hydrogens (primary N) is 1. The summed E-state index contributed by atoms with van der Waals surface area (Å²) in [7, 11) is 0. The molecule has 1 aliphatic heterocycles. The Balaban J connectivity index is 0.000000344. The normalized spacial score (nSPS) is 13.4. The number of carbonyl (C=O) groups is 10. The molecule has 404 valence electrons. The summed E-state index contributed by atoms with van der Waals surface area (Å²) in [6.07, 6.45) is -4.23. The van der Waals surface area contributed by atoms with Crippen molar-refractivity contribution in [3.05, 3.63) is 144 Å². The van der Waals surface area contributed by atoms with Crippen LogP contribution in [0.4, 0.5) is 0 Å². The molecule has 4 atom stereocenters. The van der Waals surface area contributed by atoms with E-state index in [0.29, 0.717) is 0 Å². The first-order chi connectivity index (χ1) is 35.9. The topological polar surface area (TPSA) is 342 Å². The molecule has 5 rings (SSSR count). The van der Waals surface area contributed by atoms with E-state index in [1.807, 2.05) is 121 Å². The number of cyclic esters (lactones) is 2. The van der Waals surface area contributed by atoms with Gasteiger partial charge in [0.25, 0.3) is 0 Å². The Morgan fingerprint density at radius 2 is 0.907 bits per heavy atom. The molecule has 4 aromatic carbocycles. The lowest BCUT2D eigenvalue weighted by atomic mass is 10.2. The molecule has 0 aliphatic carbocycles. The van der Waals surface area contributed by atoms with Crippen LogP contribution in [0.25, 0.3) is 0 Å². The number of benzene rings is 4. The molecule has 0 amide bonds. The number of carbonyl (C=O) groups excluding carboxylic acids is 7. The second kappa shape index (κ2) is 36.8. The maximum Gasteiger partial charge on any atom is 0.348 e. The first-order valence-corrected chi connectivity index (χ1v) is 24.0. The third-order valence-corrected chi connectivity index (χ3v) is 10.1. The number of hydrogen-bond donors (Lipinski definition) is 5. The predicted octanol–water partition coefficient (Wildman–Crippen LogP) is 4.76. The highest BCUT2D eigenvalue weighted by molar-refractivity contribution is 9.09. The van der Waals surface area contributed by atoms with Gasteiger partial charge in [0.1, 0.15) is 37.8 Å². The van der Waals surface area contributed by atoms with Gasteiger partial charge in [-0.2, -0.15) is 0 Å². The fourth-order valence-corrected chi connectivity index (χ4v) is 5.71. The van der Waals surface area contributed by atoms with Crippen LogP contribution >= 0.6 is 15.9 Å². The third-order valence-electron chi connectivity index (χ3n) is 9.60. The number of hydrogen-bond acceptors (Lipinski definition) is 19. The number of aliphatic carboxylic acids is 3. The standard InChI is InChI=1S/C14H15BrO6.C14H14O6.C12H15NO4.C12H14O5/c15-8-13(17)21-11(14(18)19)6-7-12(16)20-9-10-4-2-1-3-5-10;15-12(18-8-10-4-2-1-3-5-10)7-6-11-14(17)19-9-13(16)20-11;2*13-10(12(15)16)6-7-11(14)17-8-9-4-2-1-3-5-9/h1-5,11H,6-9H2,(H,18,19);1-5,11H,6-9H2;1-5,10H,6-8,13H2,(H,15,16);1-5,10,13H,6-8H2,(H,15,16). The van der Waals surface area contributed by atoms with Gasteiger partial charge in [-0.1, -0.05) is 137 Å². The maximum atomic E-state index is 11.5. The molecule has 0 radical (unpaired) electrons. The Labute approximate surface area is 439 Å². The lowest BCUT2D eigenvalue weighted by Gasteiger charge is -2.20. The van der Waals surface area contributed by atoms with Crippen molar-refractivity contribution < 1.29 is 102 Å². The van der Waals surface area contributed by atoms with Gasteiger partial charge in [-0.25, -0.2) is 19.2 Å². The number of carboxylic acid groups (broad SMARTS) is 3. The molecule has 0 aromatic heterocycles. The Morgan fingerprint density at radius 1 is 0.533 bits per heavy atom. The van der Waals surface area contributed by atoms with Crippen molar-refractivity contribution in [2.75, 3.05) is 11.9 Å². The molecule has 1 saturated heterocycles. The van der Waals surface area contributed by atoms with E-state index >= 15 is 0 Å². The molecule has 0 spiro atoms. The monoisotopic (exact) mass is 1110 g/mol. The summed E-state index contributed by atoms with van der Waals surface area (Å²) in [5, 5.41) is 34.7. The average molecular weight is 1110 g/mol. The molecule has 75 heavy (non-hydrogen) atoms. The number of carboxylic acids is 3. The molecule has 1 heterocycles. The first kappa shape index (κ1) is 63.1. The molecule has 4 aromatic rings. The van der Waals surface area contributed by atoms with Gasteiger partial charge >= 0.3 is 59.7 Å². The average Bonchev–Trinajstić information content (AvgIpc) is 3.42. The predicted molar refractivity (Wildman–Crippen MR) is 263 cm³/mol. The smallest absolute Gasteiger partial charge is 0.348 e. The zero-order valence-corrected chi connectivity index (χ0v) is 42.0. The molecule has 23 heteroatoms. The van der Waals surface area contributed by atoms with Gasteiger partial charge in [0, 0.05) is 38.5 Å². The van der Waals surface area contributed by atoms with Crippen LogP contribution in [0.3, 0.4) is 0 Å². The van der Waals surface area contributed by atoms with Crippen molar-refractivity contribution in [2.45, 2.75) is 102 Å². The lowest BCUT2D eigenvalue weighted by Crippen LogP contribution is -2.37. The van der Waals surface area contributed by atoms with Crippen molar-refractivity contribution in [3.8, 4) is 0 Å². The van der Waals surface area contributed by atoms with Crippen LogP contribution in [-0.4, -0.2) is 116 Å². The molecule has 0 saturated carbocycles. The van der Waals surface area contributed by atoms with Crippen LogP contribution in [0.5, 0.6) is 0 Å². The largest absolute Gasteiger partial charge is 0.480 e. The molecule has 6 N–H and O–H groups in total. The minimum Gasteiger partial charge on any atom is -0.480 e. The number of aliphatic hydroxyl groups is 1. The molecule has 4 unspecified atom stereocenters. The molecular weight excluding hydrogens is 1050 g/mol. The molecule has 1 fully saturated rings. The van der Waals surface area contributed by atoms with Gasteiger partial charge in [-0.3, -0.25) is 28.8 Å². The van der Waals surface area contributed by atoms with Gasteiger partial charge in [0.2, 0.25) is 0 Å². The number of halogens is 1. The Morgan fingerprint density at radius 3 is 1.27 bits per heavy atom. The van der Waals surface area contributed by atoms with Crippen LogP contribution in [0.15, 0.2) is 121 Å². The fourth-order valence-electron chi connectivity index (χ4n) is 5.58. The van der Waals surface area contributed by atoms with Gasteiger partial charge in [-0.05, 0) is 35.1 Å². The van der Waals surface area contributed by atoms with E-state index < -0.39 is 84.0 Å². The summed E-state index contributed by atoms with van der Waals surface area (Å²) in [5.74, 6) is -7.61. The SMILES string of the molecule is NC(CCC(=O)OCc1ccccc1)C(=O)O.O=C(CCC(O)C(=O)O)OCc1ccccc1.O=C(CCC(OC(=O)CBr)C(=O)O)OCc1ccccc1.O=C(CCC1OC(=O)COC1=O)OCc1ccccc1. The number of alkyl halides is 1. The molecule has 1 aliphatic rings. The highest BCUT2D eigenvalue weighted by Gasteiger charge is 2.31. The third kappa shape index (κ3) is 29.9. The minimum atomic E-state index is -1.51. The Hall–Kier alpha value is -8.02. The van der Waals surface area contributed by atoms with Crippen molar-refractivity contribution in [3.63, 3.8) is 0 Å². The van der Waals surface area contributed by atoms with Crippen LogP contribution in [0.1, 0.15) is 73.6 Å². The van der Waals surface area contributed by atoms with Gasteiger partial charge in [0.05, 0.1) is 0 Å². The summed E-state index contributed by atoms with van der Waals surface area (Å²) in [4.78, 5) is 110. The number of ether oxygens (including phenoxy) is 7. The van der Waals surface area contributed by atoms with Crippen molar-refractivity contribution in [1.29, 1.82) is 0 Å². The fraction of sp³-hybridized carbons (Fsp3) is 0.346. The highest BCUT2D eigenvalue weighted by atomic mass is 79.9. The Kier molecular flexibility index (Phi) is 31.0. The number of esters is 7. The van der Waals surface area contributed by atoms with E-state index in [1.165, 1.54) is 0 Å². The number of aliphatic hydroxyl groups excluding tert-OH is 1. The van der Waals surface area contributed by atoms with E-state index in [-0.39, 0.29) is 89.7 Å². The zero-order chi connectivity index (χ0) is 55.4. The van der Waals surface area contributed by atoms with Crippen LogP contribution in [0.2, 0.25) is 0 Å².